The number of amides is 2. The Bertz CT molecular complexity index is 1020. The molecule has 138 valence electrons. The minimum absolute atomic E-state index is 0.0746. The van der Waals surface area contributed by atoms with Crippen molar-refractivity contribution in [2.24, 2.45) is 0 Å². The van der Waals surface area contributed by atoms with Crippen LogP contribution in [0.4, 0.5) is 5.69 Å². The number of para-hydroxylation sites is 1. The van der Waals surface area contributed by atoms with Gasteiger partial charge in [0.15, 0.2) is 6.61 Å². The maximum absolute atomic E-state index is 12.2. The number of carbonyl (C=O) groups excluding carboxylic acids is 3. The summed E-state index contributed by atoms with van der Waals surface area (Å²) in [5.41, 5.74) is 2.08. The number of carbonyl (C=O) groups is 3. The summed E-state index contributed by atoms with van der Waals surface area (Å²) in [6.45, 7) is 1.28. The SMILES string of the molecule is CNC(=O)c1cccc(NC(=O)COC(=O)c2oc3ccccc3c2C)c1. The van der Waals surface area contributed by atoms with Gasteiger partial charge in [0.1, 0.15) is 5.58 Å². The molecule has 0 spiro atoms. The zero-order chi connectivity index (χ0) is 19.4. The van der Waals surface area contributed by atoms with Gasteiger partial charge < -0.3 is 19.8 Å². The van der Waals surface area contributed by atoms with Crippen molar-refractivity contribution in [1.29, 1.82) is 0 Å². The Morgan fingerprint density at radius 1 is 1.07 bits per heavy atom. The van der Waals surface area contributed by atoms with Gasteiger partial charge in [-0.05, 0) is 31.2 Å². The molecule has 0 aliphatic carbocycles. The summed E-state index contributed by atoms with van der Waals surface area (Å²) in [6.07, 6.45) is 0. The lowest BCUT2D eigenvalue weighted by atomic mass is 10.1. The summed E-state index contributed by atoms with van der Waals surface area (Å²) in [5.74, 6) is -1.42. The van der Waals surface area contributed by atoms with Crippen LogP contribution in [-0.4, -0.2) is 31.4 Å². The van der Waals surface area contributed by atoms with E-state index in [2.05, 4.69) is 10.6 Å². The van der Waals surface area contributed by atoms with Crippen molar-refractivity contribution in [2.45, 2.75) is 6.92 Å². The van der Waals surface area contributed by atoms with Crippen LogP contribution in [0.1, 0.15) is 26.5 Å². The van der Waals surface area contributed by atoms with Gasteiger partial charge in [0, 0.05) is 29.2 Å². The van der Waals surface area contributed by atoms with Gasteiger partial charge in [-0.3, -0.25) is 9.59 Å². The Morgan fingerprint density at radius 3 is 2.59 bits per heavy atom. The highest BCUT2D eigenvalue weighted by atomic mass is 16.5. The van der Waals surface area contributed by atoms with Gasteiger partial charge in [0.05, 0.1) is 0 Å². The molecule has 1 aromatic heterocycles. The lowest BCUT2D eigenvalue weighted by molar-refractivity contribution is -0.119. The van der Waals surface area contributed by atoms with E-state index in [1.807, 2.05) is 12.1 Å². The minimum atomic E-state index is -0.710. The van der Waals surface area contributed by atoms with E-state index in [9.17, 15) is 14.4 Å². The fourth-order valence-electron chi connectivity index (χ4n) is 2.65. The van der Waals surface area contributed by atoms with Crippen molar-refractivity contribution in [3.63, 3.8) is 0 Å². The van der Waals surface area contributed by atoms with Crippen LogP contribution in [0.15, 0.2) is 52.9 Å². The molecule has 3 rings (SSSR count). The lowest BCUT2D eigenvalue weighted by Crippen LogP contribution is -2.22. The molecule has 2 amide bonds. The summed E-state index contributed by atoms with van der Waals surface area (Å²) in [4.78, 5) is 35.9. The third kappa shape index (κ3) is 3.98. The van der Waals surface area contributed by atoms with Crippen molar-refractivity contribution >= 4 is 34.4 Å². The van der Waals surface area contributed by atoms with Crippen LogP contribution in [0.5, 0.6) is 0 Å². The van der Waals surface area contributed by atoms with Crippen LogP contribution in [0.3, 0.4) is 0 Å². The van der Waals surface area contributed by atoms with Gasteiger partial charge in [-0.15, -0.1) is 0 Å². The number of benzene rings is 2. The van der Waals surface area contributed by atoms with Crippen molar-refractivity contribution in [3.8, 4) is 0 Å². The molecule has 0 saturated carbocycles. The molecule has 27 heavy (non-hydrogen) atoms. The second-order valence-corrected chi connectivity index (χ2v) is 5.84. The number of aryl methyl sites for hydroxylation is 1. The quantitative estimate of drug-likeness (QED) is 0.677. The maximum atomic E-state index is 12.2. The molecule has 0 unspecified atom stereocenters. The average molecular weight is 366 g/mol. The Hall–Kier alpha value is -3.61. The van der Waals surface area contributed by atoms with Crippen LogP contribution in [0.2, 0.25) is 0 Å². The highest BCUT2D eigenvalue weighted by Gasteiger charge is 2.19. The number of fused-ring (bicyclic) bond motifs is 1. The largest absolute Gasteiger partial charge is 0.450 e. The van der Waals surface area contributed by atoms with Gasteiger partial charge in [-0.1, -0.05) is 24.3 Å². The minimum Gasteiger partial charge on any atom is -0.450 e. The number of esters is 1. The normalized spacial score (nSPS) is 10.4. The molecule has 1 heterocycles. The number of hydrogen-bond donors (Lipinski definition) is 2. The number of nitrogens with one attached hydrogen (secondary N) is 2. The molecule has 0 radical (unpaired) electrons. The first-order valence-electron chi connectivity index (χ1n) is 8.27. The second-order valence-electron chi connectivity index (χ2n) is 5.84. The number of rotatable bonds is 5. The molecule has 0 saturated heterocycles. The van der Waals surface area contributed by atoms with Crippen LogP contribution in [0.25, 0.3) is 11.0 Å². The Labute approximate surface area is 155 Å². The molecule has 7 heteroatoms. The van der Waals surface area contributed by atoms with Crippen molar-refractivity contribution in [1.82, 2.24) is 5.32 Å². The standard InChI is InChI=1S/C20H18N2O5/c1-12-15-8-3-4-9-16(15)27-18(12)20(25)26-11-17(23)22-14-7-5-6-13(10-14)19(24)21-2/h3-10H,11H2,1-2H3,(H,21,24)(H,22,23). The fourth-order valence-corrected chi connectivity index (χ4v) is 2.65. The van der Waals surface area contributed by atoms with Gasteiger partial charge in [0.2, 0.25) is 5.76 Å². The highest BCUT2D eigenvalue weighted by molar-refractivity contribution is 5.99. The predicted octanol–water partition coefficient (Wildman–Crippen LogP) is 2.90. The molecule has 0 aliphatic rings. The van der Waals surface area contributed by atoms with E-state index < -0.39 is 18.5 Å². The first-order chi connectivity index (χ1) is 13.0. The molecule has 0 aliphatic heterocycles. The monoisotopic (exact) mass is 366 g/mol. The molecule has 0 atom stereocenters. The molecule has 0 fully saturated rings. The summed E-state index contributed by atoms with van der Waals surface area (Å²) in [6, 6.07) is 13.7. The third-order valence-electron chi connectivity index (χ3n) is 4.00. The van der Waals surface area contributed by atoms with Gasteiger partial charge >= 0.3 is 5.97 Å². The van der Waals surface area contributed by atoms with E-state index >= 15 is 0 Å². The number of anilines is 1. The van der Waals surface area contributed by atoms with Gasteiger partial charge in [0.25, 0.3) is 11.8 Å². The third-order valence-corrected chi connectivity index (χ3v) is 4.00. The summed E-state index contributed by atoms with van der Waals surface area (Å²) in [5, 5.41) is 5.91. The van der Waals surface area contributed by atoms with E-state index in [0.29, 0.717) is 22.4 Å². The zero-order valence-electron chi connectivity index (χ0n) is 14.9. The van der Waals surface area contributed by atoms with E-state index in [0.717, 1.165) is 5.39 Å². The molecular formula is C20H18N2O5. The molecule has 2 N–H and O–H groups in total. The number of furan rings is 1. The maximum Gasteiger partial charge on any atom is 0.375 e. The van der Waals surface area contributed by atoms with Crippen LogP contribution < -0.4 is 10.6 Å². The van der Waals surface area contributed by atoms with E-state index in [4.69, 9.17) is 9.15 Å². The molecule has 0 bridgehead atoms. The predicted molar refractivity (Wildman–Crippen MR) is 99.7 cm³/mol. The number of ether oxygens (including phenoxy) is 1. The topological polar surface area (TPSA) is 97.6 Å². The van der Waals surface area contributed by atoms with Crippen LogP contribution >= 0.6 is 0 Å². The summed E-state index contributed by atoms with van der Waals surface area (Å²) in [7, 11) is 1.52. The second kappa shape index (κ2) is 7.74. The zero-order valence-corrected chi connectivity index (χ0v) is 14.9. The summed E-state index contributed by atoms with van der Waals surface area (Å²) < 4.78 is 10.6. The Kier molecular flexibility index (Phi) is 5.21. The Balaban J connectivity index is 1.62. The van der Waals surface area contributed by atoms with E-state index in [1.54, 1.807) is 37.3 Å². The Morgan fingerprint density at radius 2 is 1.85 bits per heavy atom. The van der Waals surface area contributed by atoms with E-state index in [1.165, 1.54) is 13.1 Å². The molecule has 2 aromatic carbocycles. The number of hydrogen-bond acceptors (Lipinski definition) is 5. The van der Waals surface area contributed by atoms with E-state index in [-0.39, 0.29) is 11.7 Å². The van der Waals surface area contributed by atoms with Gasteiger partial charge in [-0.2, -0.15) is 0 Å². The van der Waals surface area contributed by atoms with Crippen LogP contribution in [-0.2, 0) is 9.53 Å². The lowest BCUT2D eigenvalue weighted by Gasteiger charge is -2.07. The fraction of sp³-hybridized carbons (Fsp3) is 0.150. The van der Waals surface area contributed by atoms with Crippen molar-refractivity contribution in [3.05, 3.63) is 65.4 Å². The van der Waals surface area contributed by atoms with Crippen molar-refractivity contribution in [2.75, 3.05) is 19.0 Å². The smallest absolute Gasteiger partial charge is 0.375 e. The van der Waals surface area contributed by atoms with Crippen molar-refractivity contribution < 1.29 is 23.5 Å². The first-order valence-corrected chi connectivity index (χ1v) is 8.27. The van der Waals surface area contributed by atoms with Gasteiger partial charge in [-0.25, -0.2) is 4.79 Å². The van der Waals surface area contributed by atoms with Crippen LogP contribution in [0, 0.1) is 6.92 Å². The first kappa shape index (κ1) is 18.2. The average Bonchev–Trinajstić information content (AvgIpc) is 3.02. The molecule has 7 nitrogen and oxygen atoms in total. The highest BCUT2D eigenvalue weighted by Crippen LogP contribution is 2.25. The molecule has 3 aromatic rings. The summed E-state index contributed by atoms with van der Waals surface area (Å²) >= 11 is 0. The molecular weight excluding hydrogens is 348 g/mol.